The Hall–Kier alpha value is -2.27. The van der Waals surface area contributed by atoms with Crippen LogP contribution < -0.4 is 5.32 Å². The number of ketones is 1. The molecule has 6 heteroatoms. The van der Waals surface area contributed by atoms with Crippen LogP contribution in [-0.4, -0.2) is 23.2 Å². The van der Waals surface area contributed by atoms with Gasteiger partial charge in [0.2, 0.25) is 5.91 Å². The topological polar surface area (TPSA) is 59.1 Å². The lowest BCUT2D eigenvalue weighted by atomic mass is 10.1. The van der Waals surface area contributed by atoms with Crippen molar-refractivity contribution in [3.63, 3.8) is 0 Å². The minimum absolute atomic E-state index is 0.0981. The number of nitrogens with zero attached hydrogens (tertiary/aromatic N) is 1. The number of carbonyl (C=O) groups excluding carboxylic acids is 2. The van der Waals surface area contributed by atoms with Crippen molar-refractivity contribution in [3.05, 3.63) is 64.7 Å². The predicted octanol–water partition coefficient (Wildman–Crippen LogP) is 2.34. The smallest absolute Gasteiger partial charge is 0.224 e. The summed E-state index contributed by atoms with van der Waals surface area (Å²) in [6.45, 7) is -0.113. The molecule has 0 aliphatic carbocycles. The summed E-state index contributed by atoms with van der Waals surface area (Å²) < 4.78 is 13.4. The molecule has 0 saturated heterocycles. The molecule has 2 rings (SSSR count). The van der Waals surface area contributed by atoms with Gasteiger partial charge in [0.25, 0.3) is 0 Å². The number of nitrogens with one attached hydrogen (secondary N) is 1. The van der Waals surface area contributed by atoms with Gasteiger partial charge >= 0.3 is 0 Å². The lowest BCUT2D eigenvalue weighted by Gasteiger charge is -2.05. The maximum Gasteiger partial charge on any atom is 0.224 e. The Bertz CT molecular complexity index is 674. The van der Waals surface area contributed by atoms with Crippen molar-refractivity contribution in [1.82, 2.24) is 10.3 Å². The summed E-state index contributed by atoms with van der Waals surface area (Å²) in [6, 6.07) is 9.34. The number of hydrogen-bond donors (Lipinski definition) is 1. The van der Waals surface area contributed by atoms with Gasteiger partial charge in [-0.05, 0) is 23.8 Å². The Morgan fingerprint density at radius 3 is 2.59 bits per heavy atom. The first-order valence-corrected chi connectivity index (χ1v) is 7.04. The molecule has 0 atom stereocenters. The standard InChI is InChI=1S/C16H14ClFN2O2/c17-12-5-6-13(19-9-12)8-14(21)10-20-16(22)7-11-3-1-2-4-15(11)18/h1-6,9H,7-8,10H2,(H,20,22). The average Bonchev–Trinajstić information content (AvgIpc) is 2.50. The van der Waals surface area contributed by atoms with Crippen LogP contribution in [0.15, 0.2) is 42.6 Å². The summed E-state index contributed by atoms with van der Waals surface area (Å²) in [6.07, 6.45) is 1.47. The Morgan fingerprint density at radius 1 is 1.14 bits per heavy atom. The second kappa shape index (κ2) is 7.66. The monoisotopic (exact) mass is 320 g/mol. The molecule has 1 amide bonds. The molecule has 114 valence electrons. The molecule has 0 radical (unpaired) electrons. The number of benzene rings is 1. The molecule has 0 aliphatic heterocycles. The molecule has 22 heavy (non-hydrogen) atoms. The third kappa shape index (κ3) is 4.93. The maximum absolute atomic E-state index is 13.4. The molecule has 0 bridgehead atoms. The van der Waals surface area contributed by atoms with E-state index in [9.17, 15) is 14.0 Å². The molecule has 0 spiro atoms. The van der Waals surface area contributed by atoms with Gasteiger partial charge in [-0.25, -0.2) is 4.39 Å². The molecule has 0 saturated carbocycles. The largest absolute Gasteiger partial charge is 0.349 e. The highest BCUT2D eigenvalue weighted by atomic mass is 35.5. The third-order valence-corrected chi connectivity index (χ3v) is 3.18. The first kappa shape index (κ1) is 16.1. The summed E-state index contributed by atoms with van der Waals surface area (Å²) in [4.78, 5) is 27.5. The molecular formula is C16H14ClFN2O2. The Kier molecular flexibility index (Phi) is 5.61. The summed E-state index contributed by atoms with van der Waals surface area (Å²) in [5, 5.41) is 2.98. The van der Waals surface area contributed by atoms with Crippen LogP contribution in [0.25, 0.3) is 0 Å². The molecule has 0 fully saturated rings. The number of pyridine rings is 1. The second-order valence-electron chi connectivity index (χ2n) is 4.73. The highest BCUT2D eigenvalue weighted by Crippen LogP contribution is 2.07. The number of carbonyl (C=O) groups is 2. The van der Waals surface area contributed by atoms with E-state index in [-0.39, 0.29) is 25.2 Å². The fourth-order valence-electron chi connectivity index (χ4n) is 1.85. The summed E-state index contributed by atoms with van der Waals surface area (Å²) >= 11 is 5.71. The number of halogens is 2. The minimum atomic E-state index is -0.436. The number of Topliss-reactive ketones (excluding diaryl/α,β-unsaturated/α-hetero) is 1. The van der Waals surface area contributed by atoms with Gasteiger partial charge in [0.15, 0.2) is 5.78 Å². The number of aromatic nitrogens is 1. The van der Waals surface area contributed by atoms with Gasteiger partial charge in [-0.2, -0.15) is 0 Å². The minimum Gasteiger partial charge on any atom is -0.349 e. The summed E-state index contributed by atoms with van der Waals surface area (Å²) in [5.74, 6) is -1.02. The van der Waals surface area contributed by atoms with E-state index in [0.717, 1.165) is 0 Å². The van der Waals surface area contributed by atoms with Gasteiger partial charge in [-0.3, -0.25) is 14.6 Å². The van der Waals surface area contributed by atoms with Crippen molar-refractivity contribution in [2.75, 3.05) is 6.54 Å². The van der Waals surface area contributed by atoms with Gasteiger partial charge in [-0.1, -0.05) is 29.8 Å². The number of hydrogen-bond acceptors (Lipinski definition) is 3. The van der Waals surface area contributed by atoms with Crippen molar-refractivity contribution in [2.24, 2.45) is 0 Å². The highest BCUT2D eigenvalue weighted by molar-refractivity contribution is 6.30. The molecule has 1 aromatic carbocycles. The fraction of sp³-hybridized carbons (Fsp3) is 0.188. The van der Waals surface area contributed by atoms with Crippen LogP contribution in [0.2, 0.25) is 5.02 Å². The van der Waals surface area contributed by atoms with Gasteiger partial charge < -0.3 is 5.32 Å². The van der Waals surface area contributed by atoms with Crippen molar-refractivity contribution in [3.8, 4) is 0 Å². The Balaban J connectivity index is 1.79. The zero-order valence-electron chi connectivity index (χ0n) is 11.7. The molecule has 0 aliphatic rings. The molecule has 4 nitrogen and oxygen atoms in total. The molecule has 1 heterocycles. The van der Waals surface area contributed by atoms with Crippen LogP contribution in [0.1, 0.15) is 11.3 Å². The first-order chi connectivity index (χ1) is 10.5. The second-order valence-corrected chi connectivity index (χ2v) is 5.16. The molecule has 0 unspecified atom stereocenters. The van der Waals surface area contributed by atoms with Gasteiger partial charge in [-0.15, -0.1) is 0 Å². The van der Waals surface area contributed by atoms with Crippen molar-refractivity contribution in [2.45, 2.75) is 12.8 Å². The van der Waals surface area contributed by atoms with E-state index in [2.05, 4.69) is 10.3 Å². The van der Waals surface area contributed by atoms with E-state index in [0.29, 0.717) is 16.3 Å². The van der Waals surface area contributed by atoms with Crippen LogP contribution in [0.5, 0.6) is 0 Å². The van der Waals surface area contributed by atoms with E-state index in [1.165, 1.54) is 18.3 Å². The molecule has 2 aromatic rings. The van der Waals surface area contributed by atoms with Crippen molar-refractivity contribution in [1.29, 1.82) is 0 Å². The van der Waals surface area contributed by atoms with Gasteiger partial charge in [0.05, 0.1) is 24.4 Å². The average molecular weight is 321 g/mol. The van der Waals surface area contributed by atoms with E-state index in [1.807, 2.05) is 0 Å². The van der Waals surface area contributed by atoms with Crippen molar-refractivity contribution >= 4 is 23.3 Å². The van der Waals surface area contributed by atoms with Crippen LogP contribution in [0, 0.1) is 5.82 Å². The van der Waals surface area contributed by atoms with E-state index in [1.54, 1.807) is 24.3 Å². The SMILES string of the molecule is O=C(CNC(=O)Cc1ccccc1F)Cc1ccc(Cl)cn1. The van der Waals surface area contributed by atoms with E-state index < -0.39 is 11.7 Å². The van der Waals surface area contributed by atoms with Crippen LogP contribution >= 0.6 is 11.6 Å². The van der Waals surface area contributed by atoms with Crippen molar-refractivity contribution < 1.29 is 14.0 Å². The van der Waals surface area contributed by atoms with Crippen LogP contribution in [0.3, 0.4) is 0 Å². The molecular weight excluding hydrogens is 307 g/mol. The third-order valence-electron chi connectivity index (χ3n) is 2.96. The normalized spacial score (nSPS) is 10.3. The summed E-state index contributed by atoms with van der Waals surface area (Å²) in [7, 11) is 0. The van der Waals surface area contributed by atoms with Crippen LogP contribution in [0.4, 0.5) is 4.39 Å². The predicted molar refractivity (Wildman–Crippen MR) is 81.1 cm³/mol. The van der Waals surface area contributed by atoms with Gasteiger partial charge in [0, 0.05) is 11.9 Å². The number of rotatable bonds is 6. The summed E-state index contributed by atoms with van der Waals surface area (Å²) in [5.41, 5.74) is 0.879. The van der Waals surface area contributed by atoms with E-state index in [4.69, 9.17) is 11.6 Å². The Morgan fingerprint density at radius 2 is 1.91 bits per heavy atom. The zero-order valence-corrected chi connectivity index (χ0v) is 12.4. The van der Waals surface area contributed by atoms with Crippen LogP contribution in [-0.2, 0) is 22.4 Å². The lowest BCUT2D eigenvalue weighted by molar-refractivity contribution is -0.124. The van der Waals surface area contributed by atoms with E-state index >= 15 is 0 Å². The first-order valence-electron chi connectivity index (χ1n) is 6.67. The molecule has 1 aromatic heterocycles. The highest BCUT2D eigenvalue weighted by Gasteiger charge is 2.10. The maximum atomic E-state index is 13.4. The zero-order chi connectivity index (χ0) is 15.9. The lowest BCUT2D eigenvalue weighted by Crippen LogP contribution is -2.31. The molecule has 1 N–H and O–H groups in total. The Labute approximate surface area is 132 Å². The fourth-order valence-corrected chi connectivity index (χ4v) is 1.96. The quantitative estimate of drug-likeness (QED) is 0.888. The number of amides is 1. The van der Waals surface area contributed by atoms with Gasteiger partial charge in [0.1, 0.15) is 5.82 Å².